The number of imide groups is 1. The number of halogens is 6. The topological polar surface area (TPSA) is 87.1 Å². The summed E-state index contributed by atoms with van der Waals surface area (Å²) in [6.07, 6.45) is -6.51. The molecule has 0 unspecified atom stereocenters. The van der Waals surface area contributed by atoms with Crippen LogP contribution in [0.5, 0.6) is 5.75 Å². The van der Waals surface area contributed by atoms with Gasteiger partial charge in [-0.1, -0.05) is 48.8 Å². The normalized spacial score (nSPS) is 24.3. The van der Waals surface area contributed by atoms with Crippen LogP contribution in [0.1, 0.15) is 62.6 Å². The lowest BCUT2D eigenvalue weighted by molar-refractivity contribution is -0.143. The highest BCUT2D eigenvalue weighted by atomic mass is 19.4. The molecule has 4 atom stereocenters. The van der Waals surface area contributed by atoms with E-state index in [1.165, 1.54) is 0 Å². The molecule has 0 saturated carbocycles. The highest BCUT2D eigenvalue weighted by Crippen LogP contribution is 2.52. The summed E-state index contributed by atoms with van der Waals surface area (Å²) in [5.74, 6) is -4.41. The predicted molar refractivity (Wildman–Crippen MR) is 155 cm³/mol. The fourth-order valence-electron chi connectivity index (χ4n) is 6.98. The number of alkyl halides is 6. The summed E-state index contributed by atoms with van der Waals surface area (Å²) in [5, 5.41) is 20.9. The van der Waals surface area contributed by atoms with Crippen molar-refractivity contribution >= 4 is 30.7 Å². The second kappa shape index (κ2) is 12.3. The largest absolute Gasteiger partial charge is 0.507 e. The smallest absolute Gasteiger partial charge is 0.455 e. The molecule has 240 valence electrons. The fourth-order valence-corrected chi connectivity index (χ4v) is 6.98. The van der Waals surface area contributed by atoms with Crippen LogP contribution in [0.15, 0.2) is 59.2 Å². The summed E-state index contributed by atoms with van der Waals surface area (Å²) in [4.78, 5) is 27.8. The quantitative estimate of drug-likeness (QED) is 0.143. The molecule has 2 aliphatic heterocycles. The van der Waals surface area contributed by atoms with Crippen molar-refractivity contribution in [1.29, 1.82) is 0 Å². The van der Waals surface area contributed by atoms with E-state index in [2.05, 4.69) is 0 Å². The average molecular weight is 635 g/mol. The average Bonchev–Trinajstić information content (AvgIpc) is 3.20. The van der Waals surface area contributed by atoms with Crippen molar-refractivity contribution in [3.63, 3.8) is 0 Å². The Morgan fingerprint density at radius 1 is 1.00 bits per heavy atom. The summed E-state index contributed by atoms with van der Waals surface area (Å²) in [6.45, 7) is 3.78. The van der Waals surface area contributed by atoms with Crippen LogP contribution in [0.2, 0.25) is 6.32 Å². The first-order chi connectivity index (χ1) is 21.1. The van der Waals surface area contributed by atoms with Crippen molar-refractivity contribution in [2.45, 2.75) is 70.7 Å². The molecule has 0 spiro atoms. The summed E-state index contributed by atoms with van der Waals surface area (Å²) >= 11 is 0. The van der Waals surface area contributed by atoms with Crippen LogP contribution in [0, 0.1) is 17.8 Å². The molecular weight excluding hydrogens is 603 g/mol. The van der Waals surface area contributed by atoms with Crippen LogP contribution in [0.25, 0.3) is 6.08 Å². The van der Waals surface area contributed by atoms with Gasteiger partial charge >= 0.3 is 19.5 Å². The lowest BCUT2D eigenvalue weighted by Crippen LogP contribution is -2.46. The summed E-state index contributed by atoms with van der Waals surface area (Å²) in [7, 11) is -1.30. The maximum atomic E-state index is 13.8. The van der Waals surface area contributed by atoms with Gasteiger partial charge in [-0.25, -0.2) is 4.90 Å². The standard InChI is InChI=1S/C32H32BF6NO5/c1-3-6-18(12-19-7-4-5-8-25(19)41)9-10-26-27-17(2)11-23-28(24(27)16-33(44)45-26)30(43)40(29(23)42)22-14-20(31(34,35)36)13-21(15-22)32(37,38)39/h4-5,7-8,12-15,23-24,26,28,41,44H,3,6,9-11,16H2,1-2H3/b18-12+/t23-,24+,26-,28-/m1/s1. The molecule has 2 aromatic carbocycles. The molecule has 0 aromatic heterocycles. The number of carbonyl (C=O) groups excluding carboxylic acids is 2. The molecule has 5 rings (SSSR count). The number of phenolic OH excluding ortho intramolecular Hbond substituents is 1. The van der Waals surface area contributed by atoms with Crippen LogP contribution in [0.4, 0.5) is 32.0 Å². The molecule has 0 radical (unpaired) electrons. The minimum Gasteiger partial charge on any atom is -0.507 e. The number of aromatic hydroxyl groups is 1. The van der Waals surface area contributed by atoms with Crippen LogP contribution < -0.4 is 4.90 Å². The Labute approximate surface area is 256 Å². The van der Waals surface area contributed by atoms with Gasteiger partial charge in [0.2, 0.25) is 11.8 Å². The molecule has 13 heteroatoms. The highest BCUT2D eigenvalue weighted by Gasteiger charge is 2.57. The molecule has 2 N–H and O–H groups in total. The minimum absolute atomic E-state index is 0.0504. The number of hydrogen-bond acceptors (Lipinski definition) is 5. The molecule has 3 aliphatic rings. The van der Waals surface area contributed by atoms with Gasteiger partial charge in [0.25, 0.3) is 0 Å². The van der Waals surface area contributed by atoms with Gasteiger partial charge in [0.1, 0.15) is 5.75 Å². The van der Waals surface area contributed by atoms with E-state index in [1.807, 2.05) is 13.0 Å². The number of benzene rings is 2. The zero-order chi connectivity index (χ0) is 32.8. The predicted octanol–water partition coefficient (Wildman–Crippen LogP) is 7.42. The number of hydrogen-bond donors (Lipinski definition) is 2. The van der Waals surface area contributed by atoms with E-state index in [-0.39, 0.29) is 24.6 Å². The number of anilines is 1. The Morgan fingerprint density at radius 3 is 2.24 bits per heavy atom. The van der Waals surface area contributed by atoms with Crippen molar-refractivity contribution in [3.8, 4) is 5.75 Å². The third-order valence-electron chi connectivity index (χ3n) is 8.88. The molecule has 45 heavy (non-hydrogen) atoms. The van der Waals surface area contributed by atoms with Crippen LogP contribution in [-0.4, -0.2) is 35.2 Å². The maximum Gasteiger partial charge on any atom is 0.455 e. The number of amides is 2. The lowest BCUT2D eigenvalue weighted by atomic mass is 9.58. The first-order valence-corrected chi connectivity index (χ1v) is 14.8. The fraction of sp³-hybridized carbons (Fsp3) is 0.438. The van der Waals surface area contributed by atoms with Crippen molar-refractivity contribution in [2.24, 2.45) is 17.8 Å². The monoisotopic (exact) mass is 635 g/mol. The number of fused-ring (bicyclic) bond motifs is 3. The van der Waals surface area contributed by atoms with Crippen LogP contribution >= 0.6 is 0 Å². The lowest BCUT2D eigenvalue weighted by Gasteiger charge is -2.42. The van der Waals surface area contributed by atoms with E-state index < -0.39 is 72.0 Å². The third-order valence-corrected chi connectivity index (χ3v) is 8.88. The van der Waals surface area contributed by atoms with Crippen molar-refractivity contribution in [3.05, 3.63) is 75.9 Å². The zero-order valence-electron chi connectivity index (χ0n) is 24.6. The number of allylic oxidation sites excluding steroid dienone is 2. The number of nitrogens with zero attached hydrogens (tertiary/aromatic N) is 1. The second-order valence-corrected chi connectivity index (χ2v) is 11.9. The number of rotatable bonds is 7. The molecule has 0 bridgehead atoms. The van der Waals surface area contributed by atoms with E-state index in [0.717, 1.165) is 29.6 Å². The zero-order valence-corrected chi connectivity index (χ0v) is 24.6. The SMILES string of the molecule is CCC/C(=C\c1ccccc1O)CC[C@H]1OB(O)C[C@H]2C1=C(C)C[C@H]1C(=O)N(c3cc(C(F)(F)F)cc(C(F)(F)F)c3)C(=O)[C@H]12. The Balaban J connectivity index is 1.45. The van der Waals surface area contributed by atoms with E-state index in [0.29, 0.717) is 35.4 Å². The molecule has 6 nitrogen and oxygen atoms in total. The Kier molecular flexibility index (Phi) is 8.98. The minimum atomic E-state index is -5.15. The van der Waals surface area contributed by atoms with Crippen LogP contribution in [-0.2, 0) is 26.6 Å². The van der Waals surface area contributed by atoms with Gasteiger partial charge in [0.15, 0.2) is 0 Å². The van der Waals surface area contributed by atoms with Gasteiger partial charge in [-0.2, -0.15) is 26.3 Å². The molecule has 2 amide bonds. The van der Waals surface area contributed by atoms with Gasteiger partial charge < -0.3 is 14.8 Å². The van der Waals surface area contributed by atoms with Gasteiger partial charge in [0.05, 0.1) is 34.8 Å². The number of phenols is 1. The van der Waals surface area contributed by atoms with Gasteiger partial charge in [-0.15, -0.1) is 0 Å². The van der Waals surface area contributed by atoms with Gasteiger partial charge in [0, 0.05) is 5.56 Å². The second-order valence-electron chi connectivity index (χ2n) is 11.9. The van der Waals surface area contributed by atoms with E-state index in [4.69, 9.17) is 4.65 Å². The molecule has 2 saturated heterocycles. The number of para-hydroxylation sites is 1. The van der Waals surface area contributed by atoms with E-state index in [1.54, 1.807) is 31.2 Å². The first-order valence-electron chi connectivity index (χ1n) is 14.8. The Bertz CT molecular complexity index is 1520. The van der Waals surface area contributed by atoms with Crippen LogP contribution in [0.3, 0.4) is 0 Å². The van der Waals surface area contributed by atoms with Crippen molar-refractivity contribution in [2.75, 3.05) is 4.90 Å². The van der Waals surface area contributed by atoms with E-state index in [9.17, 15) is 46.1 Å². The van der Waals surface area contributed by atoms with Crippen molar-refractivity contribution in [1.82, 2.24) is 0 Å². The molecule has 2 aromatic rings. The van der Waals surface area contributed by atoms with Crippen molar-refractivity contribution < 1.29 is 50.7 Å². The first kappa shape index (κ1) is 32.8. The van der Waals surface area contributed by atoms with Gasteiger partial charge in [-0.3, -0.25) is 9.59 Å². The molecule has 2 fully saturated rings. The Morgan fingerprint density at radius 2 is 1.64 bits per heavy atom. The molecule has 1 aliphatic carbocycles. The summed E-state index contributed by atoms with van der Waals surface area (Å²) in [6, 6.07) is 7.61. The Hall–Kier alpha value is -3.58. The maximum absolute atomic E-state index is 13.8. The summed E-state index contributed by atoms with van der Waals surface area (Å²) in [5.41, 5.74) is -0.903. The molecular formula is C32H32BF6NO5. The van der Waals surface area contributed by atoms with Gasteiger partial charge in [-0.05, 0) is 74.7 Å². The number of carbonyl (C=O) groups is 2. The van der Waals surface area contributed by atoms with E-state index >= 15 is 0 Å². The summed E-state index contributed by atoms with van der Waals surface area (Å²) < 4.78 is 87.3. The third kappa shape index (κ3) is 6.55. The molecule has 2 heterocycles. The highest BCUT2D eigenvalue weighted by molar-refractivity contribution is 6.43.